The molecule has 2 unspecified atom stereocenters. The van der Waals surface area contributed by atoms with E-state index >= 15 is 0 Å². The van der Waals surface area contributed by atoms with Crippen molar-refractivity contribution in [1.29, 1.82) is 0 Å². The Labute approximate surface area is 91.5 Å². The highest BCUT2D eigenvalue weighted by atomic mass is 15.2. The van der Waals surface area contributed by atoms with Gasteiger partial charge in [0, 0.05) is 18.4 Å². The van der Waals surface area contributed by atoms with E-state index in [1.165, 1.54) is 0 Å². The Morgan fingerprint density at radius 2 is 1.93 bits per heavy atom. The number of nitrogens with two attached hydrogens (primary N) is 1. The lowest BCUT2D eigenvalue weighted by Crippen LogP contribution is -2.32. The van der Waals surface area contributed by atoms with Crippen LogP contribution in [0.25, 0.3) is 0 Å². The molecule has 0 amide bonds. The van der Waals surface area contributed by atoms with Gasteiger partial charge in [-0.25, -0.2) is 4.98 Å². The summed E-state index contributed by atoms with van der Waals surface area (Å²) < 4.78 is 0. The van der Waals surface area contributed by atoms with Gasteiger partial charge in [0.2, 0.25) is 0 Å². The quantitative estimate of drug-likeness (QED) is 0.820. The van der Waals surface area contributed by atoms with Gasteiger partial charge in [-0.15, -0.1) is 0 Å². The Morgan fingerprint density at radius 1 is 1.33 bits per heavy atom. The van der Waals surface area contributed by atoms with Gasteiger partial charge in [0.15, 0.2) is 0 Å². The molecule has 1 rings (SSSR count). The molecule has 15 heavy (non-hydrogen) atoms. The molecule has 2 atom stereocenters. The molecule has 4 nitrogen and oxygen atoms in total. The van der Waals surface area contributed by atoms with E-state index in [4.69, 9.17) is 5.73 Å². The Bertz CT molecular complexity index is 313. The maximum Gasteiger partial charge on any atom is 0.146 e. The maximum absolute atomic E-state index is 5.80. The smallest absolute Gasteiger partial charge is 0.146 e. The minimum atomic E-state index is 0.202. The Kier molecular flexibility index (Phi) is 4.03. The van der Waals surface area contributed by atoms with Crippen molar-refractivity contribution in [1.82, 2.24) is 14.9 Å². The Morgan fingerprint density at radius 3 is 2.47 bits per heavy atom. The van der Waals surface area contributed by atoms with Gasteiger partial charge in [-0.1, -0.05) is 6.92 Å². The van der Waals surface area contributed by atoms with Crippen molar-refractivity contribution in [3.05, 3.63) is 18.1 Å². The maximum atomic E-state index is 5.80. The number of anilines is 1. The van der Waals surface area contributed by atoms with Gasteiger partial charge in [0.25, 0.3) is 0 Å². The van der Waals surface area contributed by atoms with E-state index in [2.05, 4.69) is 42.7 Å². The minimum Gasteiger partial charge on any atom is -0.382 e. The highest BCUT2D eigenvalue weighted by molar-refractivity contribution is 5.35. The molecule has 0 aliphatic carbocycles. The number of hydrogen-bond donors (Lipinski definition) is 1. The predicted molar refractivity (Wildman–Crippen MR) is 62.4 cm³/mol. The number of rotatable bonds is 4. The van der Waals surface area contributed by atoms with Crippen molar-refractivity contribution in [2.45, 2.75) is 39.3 Å². The second kappa shape index (κ2) is 5.07. The first-order valence-corrected chi connectivity index (χ1v) is 5.36. The molecule has 84 valence electrons. The largest absolute Gasteiger partial charge is 0.382 e. The van der Waals surface area contributed by atoms with Gasteiger partial charge in [-0.05, 0) is 27.3 Å². The van der Waals surface area contributed by atoms with E-state index < -0.39 is 0 Å². The summed E-state index contributed by atoms with van der Waals surface area (Å²) in [5.41, 5.74) is 6.66. The van der Waals surface area contributed by atoms with Crippen LogP contribution >= 0.6 is 0 Å². The SMILES string of the molecule is CCC(C)N(C)C(C)c1nccnc1N. The normalized spacial score (nSPS) is 15.3. The van der Waals surface area contributed by atoms with Crippen LogP contribution in [0.2, 0.25) is 0 Å². The van der Waals surface area contributed by atoms with Crippen molar-refractivity contribution in [2.75, 3.05) is 12.8 Å². The van der Waals surface area contributed by atoms with Gasteiger partial charge in [0.1, 0.15) is 5.82 Å². The molecule has 4 heteroatoms. The van der Waals surface area contributed by atoms with Gasteiger partial charge in [-0.2, -0.15) is 0 Å². The number of nitrogens with zero attached hydrogens (tertiary/aromatic N) is 3. The minimum absolute atomic E-state index is 0.202. The molecule has 1 heterocycles. The monoisotopic (exact) mass is 208 g/mol. The zero-order valence-corrected chi connectivity index (χ0v) is 9.94. The third kappa shape index (κ3) is 2.65. The van der Waals surface area contributed by atoms with Crippen LogP contribution in [-0.2, 0) is 0 Å². The van der Waals surface area contributed by atoms with Crippen molar-refractivity contribution >= 4 is 5.82 Å². The summed E-state index contributed by atoms with van der Waals surface area (Å²) >= 11 is 0. The molecule has 2 N–H and O–H groups in total. The lowest BCUT2D eigenvalue weighted by Gasteiger charge is -2.29. The Balaban J connectivity index is 2.85. The standard InChI is InChI=1S/C11H20N4/c1-5-8(2)15(4)9(3)10-11(12)14-7-6-13-10/h6-9H,5H2,1-4H3,(H2,12,14). The second-order valence-corrected chi connectivity index (χ2v) is 3.93. The average molecular weight is 208 g/mol. The second-order valence-electron chi connectivity index (χ2n) is 3.93. The van der Waals surface area contributed by atoms with Crippen LogP contribution in [0.3, 0.4) is 0 Å². The molecule has 0 fully saturated rings. The van der Waals surface area contributed by atoms with E-state index in [0.717, 1.165) is 12.1 Å². The predicted octanol–water partition coefficient (Wildman–Crippen LogP) is 1.85. The van der Waals surface area contributed by atoms with Crippen LogP contribution in [0.1, 0.15) is 38.9 Å². The third-order valence-electron chi connectivity index (χ3n) is 3.05. The fourth-order valence-corrected chi connectivity index (χ4v) is 1.54. The molecule has 0 spiro atoms. The summed E-state index contributed by atoms with van der Waals surface area (Å²) in [7, 11) is 2.09. The molecule has 0 bridgehead atoms. The van der Waals surface area contributed by atoms with Crippen LogP contribution in [0.4, 0.5) is 5.82 Å². The molecule has 0 saturated carbocycles. The Hall–Kier alpha value is -1.16. The first-order chi connectivity index (χ1) is 7.07. The van der Waals surface area contributed by atoms with Crippen LogP contribution < -0.4 is 5.73 Å². The topological polar surface area (TPSA) is 55.0 Å². The van der Waals surface area contributed by atoms with E-state index in [1.54, 1.807) is 12.4 Å². The van der Waals surface area contributed by atoms with Crippen molar-refractivity contribution < 1.29 is 0 Å². The molecule has 0 aromatic carbocycles. The van der Waals surface area contributed by atoms with Crippen LogP contribution in [0.5, 0.6) is 0 Å². The fraction of sp³-hybridized carbons (Fsp3) is 0.636. The molecule has 0 aliphatic heterocycles. The van der Waals surface area contributed by atoms with E-state index in [0.29, 0.717) is 11.9 Å². The summed E-state index contributed by atoms with van der Waals surface area (Å²) in [4.78, 5) is 10.6. The lowest BCUT2D eigenvalue weighted by molar-refractivity contribution is 0.190. The van der Waals surface area contributed by atoms with Crippen molar-refractivity contribution in [2.24, 2.45) is 0 Å². The molecule has 1 aromatic heterocycles. The van der Waals surface area contributed by atoms with E-state index in [1.807, 2.05) is 0 Å². The van der Waals surface area contributed by atoms with E-state index in [-0.39, 0.29) is 6.04 Å². The molecular weight excluding hydrogens is 188 g/mol. The van der Waals surface area contributed by atoms with Gasteiger partial charge < -0.3 is 5.73 Å². The first-order valence-electron chi connectivity index (χ1n) is 5.36. The summed E-state index contributed by atoms with van der Waals surface area (Å²) in [5.74, 6) is 0.528. The van der Waals surface area contributed by atoms with Gasteiger partial charge in [-0.3, -0.25) is 9.88 Å². The van der Waals surface area contributed by atoms with E-state index in [9.17, 15) is 0 Å². The molecule has 0 radical (unpaired) electrons. The van der Waals surface area contributed by atoms with Crippen molar-refractivity contribution in [3.63, 3.8) is 0 Å². The molecular formula is C11H20N4. The van der Waals surface area contributed by atoms with Crippen LogP contribution in [-0.4, -0.2) is 28.0 Å². The lowest BCUT2D eigenvalue weighted by atomic mass is 10.1. The average Bonchev–Trinajstić information content (AvgIpc) is 2.26. The first kappa shape index (κ1) is 11.9. The summed E-state index contributed by atoms with van der Waals surface area (Å²) in [6, 6.07) is 0.718. The van der Waals surface area contributed by atoms with Crippen LogP contribution in [0, 0.1) is 0 Å². The highest BCUT2D eigenvalue weighted by Crippen LogP contribution is 2.22. The highest BCUT2D eigenvalue weighted by Gasteiger charge is 2.19. The third-order valence-corrected chi connectivity index (χ3v) is 3.05. The summed E-state index contributed by atoms with van der Waals surface area (Å²) in [6.07, 6.45) is 4.42. The molecule has 0 saturated heterocycles. The fourth-order valence-electron chi connectivity index (χ4n) is 1.54. The van der Waals surface area contributed by atoms with Gasteiger partial charge >= 0.3 is 0 Å². The number of hydrogen-bond acceptors (Lipinski definition) is 4. The number of nitrogen functional groups attached to an aromatic ring is 1. The van der Waals surface area contributed by atoms with Gasteiger partial charge in [0.05, 0.1) is 11.7 Å². The number of aromatic nitrogens is 2. The zero-order chi connectivity index (χ0) is 11.4. The summed E-state index contributed by atoms with van der Waals surface area (Å²) in [6.45, 7) is 6.48. The zero-order valence-electron chi connectivity index (χ0n) is 9.94. The van der Waals surface area contributed by atoms with Crippen LogP contribution in [0.15, 0.2) is 12.4 Å². The molecule has 1 aromatic rings. The van der Waals surface area contributed by atoms with Crippen molar-refractivity contribution in [3.8, 4) is 0 Å². The summed E-state index contributed by atoms with van der Waals surface area (Å²) in [5, 5.41) is 0. The molecule has 0 aliphatic rings.